The minimum absolute atomic E-state index is 0.256. The van der Waals surface area contributed by atoms with Crippen LogP contribution < -0.4 is 4.90 Å². The second-order valence-electron chi connectivity index (χ2n) is 18.4. The Balaban J connectivity index is 1.01. The van der Waals surface area contributed by atoms with E-state index in [1.54, 1.807) is 0 Å². The Morgan fingerprint density at radius 2 is 1.59 bits per heavy atom. The molecular weight excluding hydrogens is 795 g/mol. The van der Waals surface area contributed by atoms with Gasteiger partial charge in [-0.05, 0) is 149 Å². The number of rotatable bonds is 7. The maximum Gasteiger partial charge on any atom is 0.0690 e. The van der Waals surface area contributed by atoms with Gasteiger partial charge in [-0.1, -0.05) is 124 Å². The minimum atomic E-state index is -0.256. The molecule has 0 radical (unpaired) electrons. The smallest absolute Gasteiger partial charge is 0.0690 e. The fourth-order valence-corrected chi connectivity index (χ4v) is 12.4. The summed E-state index contributed by atoms with van der Waals surface area (Å²) >= 11 is 1.99. The molecule has 0 saturated carbocycles. The monoisotopic (exact) mass is 845 g/mol. The summed E-state index contributed by atoms with van der Waals surface area (Å²) in [6.45, 7) is 11.2. The first-order valence-corrected chi connectivity index (χ1v) is 23.9. The SMILES string of the molecule is C=CC1=C(/C=C\C)N(C2=CCCC=C2)c2ccc(-c3ccc4c(c3)c3cc5c(cc3n4-c3cccc(C4=CC6c7ccccc7SC6C=C4)c3)N=C(C3=CCCC=C3)C5)cc2C1(C)C. The maximum atomic E-state index is 5.30. The first kappa shape index (κ1) is 39.0. The van der Waals surface area contributed by atoms with Crippen molar-refractivity contribution in [2.24, 2.45) is 4.99 Å². The molecule has 0 saturated heterocycles. The van der Waals surface area contributed by atoms with Crippen molar-refractivity contribution >= 4 is 56.2 Å². The predicted octanol–water partition coefficient (Wildman–Crippen LogP) is 15.9. The standard InChI is InChI=1S/C60H51N3S/c1-5-16-55-50(6-2)60(3,4)51-35-42(26-29-56(51)62(55)44-20-11-8-12-21-44)40-25-28-54-47(32-40)48-34-43-36-52(38-17-9-7-10-18-38)61-53(43)37-57(48)63(54)45-22-15-19-39(31-45)41-27-30-59-49(33-41)46-23-13-14-24-58(46)64-59/h5-6,9,11,13-35,37,49,59H,2,7-8,10,12,36H2,1,3-4H3/b16-5-. The van der Waals surface area contributed by atoms with Gasteiger partial charge in [-0.3, -0.25) is 4.99 Å². The molecule has 0 fully saturated rings. The van der Waals surface area contributed by atoms with Gasteiger partial charge in [-0.2, -0.15) is 0 Å². The molecule has 0 N–H and O–H groups in total. The van der Waals surface area contributed by atoms with Crippen molar-refractivity contribution in [1.82, 2.24) is 4.57 Å². The van der Waals surface area contributed by atoms with Crippen LogP contribution >= 0.6 is 11.8 Å². The molecule has 64 heavy (non-hydrogen) atoms. The van der Waals surface area contributed by atoms with Crippen LogP contribution in [-0.4, -0.2) is 15.5 Å². The molecule has 312 valence electrons. The lowest BCUT2D eigenvalue weighted by Gasteiger charge is -2.43. The van der Waals surface area contributed by atoms with Gasteiger partial charge in [0.05, 0.1) is 28.1 Å². The highest BCUT2D eigenvalue weighted by Crippen LogP contribution is 2.51. The van der Waals surface area contributed by atoms with E-state index in [-0.39, 0.29) is 5.41 Å². The summed E-state index contributed by atoms with van der Waals surface area (Å²) in [6.07, 6.45) is 32.7. The molecule has 1 aromatic heterocycles. The Morgan fingerprint density at radius 1 is 0.766 bits per heavy atom. The summed E-state index contributed by atoms with van der Waals surface area (Å²) in [5, 5.41) is 2.97. The number of hydrogen-bond acceptors (Lipinski definition) is 3. The number of anilines is 1. The summed E-state index contributed by atoms with van der Waals surface area (Å²) in [6, 6.07) is 37.1. The lowest BCUT2D eigenvalue weighted by molar-refractivity contribution is 0.619. The Hall–Kier alpha value is -6.62. The lowest BCUT2D eigenvalue weighted by Crippen LogP contribution is -2.35. The minimum Gasteiger partial charge on any atom is -0.310 e. The van der Waals surface area contributed by atoms with Gasteiger partial charge in [0.25, 0.3) is 0 Å². The maximum absolute atomic E-state index is 5.30. The molecule has 3 aliphatic heterocycles. The molecule has 2 unspecified atom stereocenters. The molecule has 12 rings (SSSR count). The molecule has 4 heteroatoms. The fourth-order valence-electron chi connectivity index (χ4n) is 11.1. The number of benzene rings is 5. The van der Waals surface area contributed by atoms with Crippen LogP contribution in [0.15, 0.2) is 209 Å². The van der Waals surface area contributed by atoms with Crippen LogP contribution in [0.5, 0.6) is 0 Å². The van der Waals surface area contributed by atoms with Gasteiger partial charge in [0, 0.05) is 55.8 Å². The second kappa shape index (κ2) is 15.3. The third-order valence-electron chi connectivity index (χ3n) is 14.3. The molecule has 4 heterocycles. The third-order valence-corrected chi connectivity index (χ3v) is 15.6. The van der Waals surface area contributed by atoms with E-state index in [2.05, 4.69) is 207 Å². The summed E-state index contributed by atoms with van der Waals surface area (Å²) < 4.78 is 2.48. The summed E-state index contributed by atoms with van der Waals surface area (Å²) in [7, 11) is 0. The first-order chi connectivity index (χ1) is 31.4. The fraction of sp³-hybridized carbons (Fsp3) is 0.183. The van der Waals surface area contributed by atoms with Crippen LogP contribution in [0.4, 0.5) is 11.4 Å². The van der Waals surface area contributed by atoms with Crippen molar-refractivity contribution in [3.05, 3.63) is 221 Å². The van der Waals surface area contributed by atoms with E-state index in [9.17, 15) is 0 Å². The molecular formula is C60H51N3S. The zero-order valence-corrected chi connectivity index (χ0v) is 37.6. The first-order valence-electron chi connectivity index (χ1n) is 23.0. The van der Waals surface area contributed by atoms with Crippen molar-refractivity contribution in [3.63, 3.8) is 0 Å². The molecule has 5 aromatic carbocycles. The van der Waals surface area contributed by atoms with Gasteiger partial charge < -0.3 is 9.47 Å². The van der Waals surface area contributed by atoms with E-state index >= 15 is 0 Å². The zero-order chi connectivity index (χ0) is 43.1. The van der Waals surface area contributed by atoms with Gasteiger partial charge in [-0.25, -0.2) is 0 Å². The number of fused-ring (bicyclic) bond motifs is 8. The summed E-state index contributed by atoms with van der Waals surface area (Å²) in [4.78, 5) is 9.14. The average Bonchev–Trinajstić information content (AvgIpc) is 4.02. The quantitative estimate of drug-likeness (QED) is 0.160. The number of allylic oxidation sites excluding steroid dienone is 14. The highest BCUT2D eigenvalue weighted by molar-refractivity contribution is 8.00. The molecule has 0 amide bonds. The van der Waals surface area contributed by atoms with Gasteiger partial charge in [0.1, 0.15) is 0 Å². The van der Waals surface area contributed by atoms with Crippen molar-refractivity contribution in [2.45, 2.75) is 74.4 Å². The Bertz CT molecular complexity index is 3290. The van der Waals surface area contributed by atoms with Crippen molar-refractivity contribution in [3.8, 4) is 16.8 Å². The van der Waals surface area contributed by atoms with Crippen molar-refractivity contribution in [2.75, 3.05) is 4.90 Å². The normalized spacial score (nSPS) is 20.6. The van der Waals surface area contributed by atoms with Crippen LogP contribution in [0.25, 0.3) is 44.2 Å². The number of nitrogens with zero attached hydrogens (tertiary/aromatic N) is 3. The van der Waals surface area contributed by atoms with E-state index in [1.165, 1.54) is 99.6 Å². The third kappa shape index (κ3) is 6.21. The van der Waals surface area contributed by atoms with Crippen LogP contribution in [0.2, 0.25) is 0 Å². The number of aromatic nitrogens is 1. The van der Waals surface area contributed by atoms with Gasteiger partial charge >= 0.3 is 0 Å². The van der Waals surface area contributed by atoms with E-state index < -0.39 is 0 Å². The van der Waals surface area contributed by atoms with Crippen LogP contribution in [-0.2, 0) is 11.8 Å². The van der Waals surface area contributed by atoms with Crippen molar-refractivity contribution < 1.29 is 0 Å². The molecule has 3 aliphatic carbocycles. The zero-order valence-electron chi connectivity index (χ0n) is 36.8. The highest BCUT2D eigenvalue weighted by Gasteiger charge is 2.38. The Morgan fingerprint density at radius 3 is 2.42 bits per heavy atom. The van der Waals surface area contributed by atoms with E-state index in [0.29, 0.717) is 11.2 Å². The number of aliphatic imine (C=N–C) groups is 1. The number of hydrogen-bond donors (Lipinski definition) is 0. The molecule has 6 aliphatic rings. The molecule has 6 aromatic rings. The Kier molecular flexibility index (Phi) is 9.31. The largest absolute Gasteiger partial charge is 0.310 e. The average molecular weight is 846 g/mol. The van der Waals surface area contributed by atoms with Crippen LogP contribution in [0.1, 0.15) is 74.6 Å². The lowest BCUT2D eigenvalue weighted by atomic mass is 9.72. The topological polar surface area (TPSA) is 20.5 Å². The van der Waals surface area contributed by atoms with Gasteiger partial charge in [0.15, 0.2) is 0 Å². The molecule has 0 spiro atoms. The van der Waals surface area contributed by atoms with Crippen LogP contribution in [0, 0.1) is 0 Å². The van der Waals surface area contributed by atoms with E-state index in [1.807, 2.05) is 11.8 Å². The molecule has 0 bridgehead atoms. The number of thioether (sulfide) groups is 1. The van der Waals surface area contributed by atoms with Crippen molar-refractivity contribution in [1.29, 1.82) is 0 Å². The molecule has 3 nitrogen and oxygen atoms in total. The summed E-state index contributed by atoms with van der Waals surface area (Å²) in [5.74, 6) is 0.383. The van der Waals surface area contributed by atoms with Gasteiger partial charge in [0.2, 0.25) is 0 Å². The van der Waals surface area contributed by atoms with Crippen LogP contribution in [0.3, 0.4) is 0 Å². The van der Waals surface area contributed by atoms with E-state index in [0.717, 1.165) is 43.5 Å². The highest BCUT2D eigenvalue weighted by atomic mass is 32.2. The predicted molar refractivity (Wildman–Crippen MR) is 273 cm³/mol. The Labute approximate surface area is 381 Å². The second-order valence-corrected chi connectivity index (χ2v) is 19.6. The summed E-state index contributed by atoms with van der Waals surface area (Å²) in [5.41, 5.74) is 20.7. The van der Waals surface area contributed by atoms with E-state index in [4.69, 9.17) is 4.99 Å². The van der Waals surface area contributed by atoms with Gasteiger partial charge in [-0.15, -0.1) is 11.8 Å². The molecule has 2 atom stereocenters.